The van der Waals surface area contributed by atoms with Gasteiger partial charge in [-0.25, -0.2) is 0 Å². The predicted molar refractivity (Wildman–Crippen MR) is 62.5 cm³/mol. The lowest BCUT2D eigenvalue weighted by Gasteiger charge is -2.01. The molecule has 0 radical (unpaired) electrons. The van der Waals surface area contributed by atoms with E-state index in [1.54, 1.807) is 6.92 Å². The normalized spacial score (nSPS) is 10.6. The molecule has 2 rings (SSSR count). The van der Waals surface area contributed by atoms with Crippen LogP contribution in [0.25, 0.3) is 11.1 Å². The van der Waals surface area contributed by atoms with Crippen molar-refractivity contribution in [1.82, 2.24) is 0 Å². The largest absolute Gasteiger partial charge is 0.294 e. The van der Waals surface area contributed by atoms with E-state index in [0.29, 0.717) is 0 Å². The number of ketones is 1. The Morgan fingerprint density at radius 1 is 1.07 bits per heavy atom. The number of hydrogen-bond donors (Lipinski definition) is 0. The van der Waals surface area contributed by atoms with Crippen LogP contribution in [0.5, 0.6) is 0 Å². The summed E-state index contributed by atoms with van der Waals surface area (Å²) in [7, 11) is 0. The van der Waals surface area contributed by atoms with Gasteiger partial charge in [-0.1, -0.05) is 35.9 Å². The van der Waals surface area contributed by atoms with Gasteiger partial charge in [-0.2, -0.15) is 0 Å². The fourth-order valence-electron chi connectivity index (χ4n) is 1.98. The van der Waals surface area contributed by atoms with E-state index >= 15 is 0 Å². The minimum Gasteiger partial charge on any atom is -0.294 e. The summed E-state index contributed by atoms with van der Waals surface area (Å²) in [5.41, 5.74) is 5.42. The van der Waals surface area contributed by atoms with Gasteiger partial charge in [0, 0.05) is 5.56 Å². The third kappa shape index (κ3) is 1.65. The molecule has 0 aromatic rings. The zero-order valence-corrected chi connectivity index (χ0v) is 9.29. The van der Waals surface area contributed by atoms with Gasteiger partial charge in [0.15, 0.2) is 5.78 Å². The molecule has 15 heavy (non-hydrogen) atoms. The van der Waals surface area contributed by atoms with Crippen LogP contribution in [0.15, 0.2) is 30.3 Å². The molecule has 0 unspecified atom stereocenters. The van der Waals surface area contributed by atoms with Gasteiger partial charge in [-0.15, -0.1) is 0 Å². The van der Waals surface area contributed by atoms with Crippen LogP contribution < -0.4 is 0 Å². The van der Waals surface area contributed by atoms with Crippen molar-refractivity contribution in [3.05, 3.63) is 47.0 Å². The first-order valence-corrected chi connectivity index (χ1v) is 5.10. The Balaban J connectivity index is 2.83. The van der Waals surface area contributed by atoms with Crippen molar-refractivity contribution in [3.8, 4) is 11.1 Å². The van der Waals surface area contributed by atoms with Crippen LogP contribution >= 0.6 is 0 Å². The highest BCUT2D eigenvalue weighted by Gasteiger charge is 2.13. The van der Waals surface area contributed by atoms with E-state index in [1.165, 1.54) is 11.1 Å². The van der Waals surface area contributed by atoms with Crippen molar-refractivity contribution in [1.29, 1.82) is 0 Å². The summed E-state index contributed by atoms with van der Waals surface area (Å²) >= 11 is 0. The third-order valence-electron chi connectivity index (χ3n) is 2.74. The van der Waals surface area contributed by atoms with E-state index in [4.69, 9.17) is 0 Å². The van der Waals surface area contributed by atoms with E-state index in [2.05, 4.69) is 18.2 Å². The van der Waals surface area contributed by atoms with Crippen LogP contribution in [0, 0.1) is 13.8 Å². The number of fused-ring (bicyclic) bond motifs is 1. The van der Waals surface area contributed by atoms with Crippen molar-refractivity contribution in [2.24, 2.45) is 0 Å². The molecule has 0 heterocycles. The summed E-state index contributed by atoms with van der Waals surface area (Å²) < 4.78 is 0. The van der Waals surface area contributed by atoms with E-state index < -0.39 is 0 Å². The predicted octanol–water partition coefficient (Wildman–Crippen LogP) is 3.61. The molecule has 0 aromatic carbocycles. The molecule has 0 bridgehead atoms. The molecule has 0 saturated carbocycles. The zero-order valence-electron chi connectivity index (χ0n) is 9.29. The molecular formula is C14H14O. The van der Waals surface area contributed by atoms with Crippen LogP contribution in [-0.4, -0.2) is 5.78 Å². The van der Waals surface area contributed by atoms with Gasteiger partial charge in [-0.3, -0.25) is 4.79 Å². The Bertz CT molecular complexity index is 497. The standard InChI is InChI=1S/C14H14O/c1-9-4-7-13(11(3)15)14-10(2)5-6-12(14)8-9/h4-8H,1-3H3. The maximum atomic E-state index is 11.6. The lowest BCUT2D eigenvalue weighted by molar-refractivity contribution is 0.101. The molecule has 0 aromatic heterocycles. The Morgan fingerprint density at radius 3 is 2.47 bits per heavy atom. The third-order valence-corrected chi connectivity index (χ3v) is 2.74. The summed E-state index contributed by atoms with van der Waals surface area (Å²) in [4.78, 5) is 11.6. The summed E-state index contributed by atoms with van der Waals surface area (Å²) in [6.45, 7) is 5.71. The number of carbonyl (C=O) groups is 1. The molecule has 1 nitrogen and oxygen atoms in total. The lowest BCUT2D eigenvalue weighted by atomic mass is 10.0. The first kappa shape index (κ1) is 9.91. The monoisotopic (exact) mass is 198 g/mol. The number of rotatable bonds is 1. The average molecular weight is 198 g/mol. The fraction of sp³-hybridized carbons (Fsp3) is 0.214. The second-order valence-corrected chi connectivity index (χ2v) is 4.04. The maximum absolute atomic E-state index is 11.6. The minimum atomic E-state index is 0.130. The topological polar surface area (TPSA) is 17.1 Å². The van der Waals surface area contributed by atoms with Crippen LogP contribution in [-0.2, 0) is 0 Å². The first-order valence-electron chi connectivity index (χ1n) is 5.10. The van der Waals surface area contributed by atoms with Crippen molar-refractivity contribution in [3.63, 3.8) is 0 Å². The number of Topliss-reactive ketones (excluding diaryl/α,β-unsaturated/α-hetero) is 1. The fourth-order valence-corrected chi connectivity index (χ4v) is 1.98. The van der Waals surface area contributed by atoms with Crippen molar-refractivity contribution >= 4 is 5.78 Å². The van der Waals surface area contributed by atoms with Crippen LogP contribution in [0.2, 0.25) is 0 Å². The summed E-state index contributed by atoms with van der Waals surface area (Å²) in [6, 6.07) is 10.2. The summed E-state index contributed by atoms with van der Waals surface area (Å²) in [5, 5.41) is 0. The van der Waals surface area contributed by atoms with Gasteiger partial charge in [0.05, 0.1) is 0 Å². The minimum absolute atomic E-state index is 0.130. The van der Waals surface area contributed by atoms with Crippen LogP contribution in [0.3, 0.4) is 0 Å². The molecule has 0 aliphatic heterocycles. The quantitative estimate of drug-likeness (QED) is 0.640. The van der Waals surface area contributed by atoms with Crippen molar-refractivity contribution in [2.75, 3.05) is 0 Å². The zero-order chi connectivity index (χ0) is 11.0. The molecule has 0 N–H and O–H groups in total. The molecule has 2 aliphatic carbocycles. The van der Waals surface area contributed by atoms with E-state index in [1.807, 2.05) is 26.0 Å². The molecule has 0 atom stereocenters. The highest BCUT2D eigenvalue weighted by atomic mass is 16.1. The van der Waals surface area contributed by atoms with Gasteiger partial charge in [0.25, 0.3) is 0 Å². The van der Waals surface area contributed by atoms with Gasteiger partial charge >= 0.3 is 0 Å². The Kier molecular flexibility index (Phi) is 2.31. The number of aryl methyl sites for hydroxylation is 2. The summed E-state index contributed by atoms with van der Waals surface area (Å²) in [6.07, 6.45) is 0. The van der Waals surface area contributed by atoms with Gasteiger partial charge in [0.1, 0.15) is 0 Å². The Hall–Kier alpha value is -1.63. The second-order valence-electron chi connectivity index (χ2n) is 4.04. The highest BCUT2D eigenvalue weighted by molar-refractivity contribution is 6.02. The lowest BCUT2D eigenvalue weighted by Crippen LogP contribution is -1.93. The molecule has 0 spiro atoms. The molecule has 0 amide bonds. The Morgan fingerprint density at radius 2 is 1.80 bits per heavy atom. The second kappa shape index (κ2) is 3.50. The molecule has 0 fully saturated rings. The van der Waals surface area contributed by atoms with E-state index in [0.717, 1.165) is 16.7 Å². The first-order chi connectivity index (χ1) is 7.09. The SMILES string of the molecule is CC(=O)c1ccc(C)cc2ccc(C)c1-2. The molecule has 76 valence electrons. The summed E-state index contributed by atoms with van der Waals surface area (Å²) in [5.74, 6) is 0.130. The number of hydrogen-bond acceptors (Lipinski definition) is 1. The van der Waals surface area contributed by atoms with Crippen molar-refractivity contribution < 1.29 is 4.79 Å². The number of carbonyl (C=O) groups excluding carboxylic acids is 1. The van der Waals surface area contributed by atoms with Gasteiger partial charge in [-0.05, 0) is 37.5 Å². The molecule has 2 aliphatic rings. The average Bonchev–Trinajstić information content (AvgIpc) is 2.44. The molecule has 0 saturated heterocycles. The highest BCUT2D eigenvalue weighted by Crippen LogP contribution is 2.31. The van der Waals surface area contributed by atoms with Crippen LogP contribution in [0.4, 0.5) is 0 Å². The van der Waals surface area contributed by atoms with Crippen LogP contribution in [0.1, 0.15) is 28.4 Å². The Labute approximate surface area is 90.1 Å². The van der Waals surface area contributed by atoms with E-state index in [9.17, 15) is 4.79 Å². The molecule has 1 heteroatoms. The van der Waals surface area contributed by atoms with Gasteiger partial charge in [0.2, 0.25) is 0 Å². The van der Waals surface area contributed by atoms with E-state index in [-0.39, 0.29) is 5.78 Å². The molecular weight excluding hydrogens is 184 g/mol. The van der Waals surface area contributed by atoms with Crippen molar-refractivity contribution in [2.45, 2.75) is 20.8 Å². The van der Waals surface area contributed by atoms with Gasteiger partial charge < -0.3 is 0 Å². The smallest absolute Gasteiger partial charge is 0.160 e. The maximum Gasteiger partial charge on any atom is 0.160 e.